The van der Waals surface area contributed by atoms with Crippen molar-refractivity contribution in [3.63, 3.8) is 0 Å². The van der Waals surface area contributed by atoms with E-state index in [1.165, 1.54) is 27.0 Å². The highest BCUT2D eigenvalue weighted by molar-refractivity contribution is 7.06. The van der Waals surface area contributed by atoms with Gasteiger partial charge in [0.05, 0.1) is 18.5 Å². The molecule has 0 spiro atoms. The van der Waals surface area contributed by atoms with Crippen molar-refractivity contribution in [1.82, 2.24) is 9.36 Å². The maximum atomic E-state index is 5.30. The van der Waals surface area contributed by atoms with Gasteiger partial charge in [-0.3, -0.25) is 0 Å². The van der Waals surface area contributed by atoms with Crippen LogP contribution in [0.25, 0.3) is 33.3 Å². The SMILES string of the molecule is COc1ccc(-c2c(-c3c(C)nsc3C)[nH]c3ccccc23)cc1. The van der Waals surface area contributed by atoms with Crippen LogP contribution in [-0.2, 0) is 0 Å². The first-order valence-electron chi connectivity index (χ1n) is 7.87. The number of aromatic amines is 1. The first-order valence-corrected chi connectivity index (χ1v) is 8.64. The molecule has 0 saturated carbocycles. The molecule has 4 aromatic rings. The van der Waals surface area contributed by atoms with E-state index in [9.17, 15) is 0 Å². The molecule has 2 aromatic carbocycles. The summed E-state index contributed by atoms with van der Waals surface area (Å²) >= 11 is 1.56. The van der Waals surface area contributed by atoms with Gasteiger partial charge in [-0.05, 0) is 49.1 Å². The predicted molar refractivity (Wildman–Crippen MR) is 101 cm³/mol. The van der Waals surface area contributed by atoms with Crippen LogP contribution >= 0.6 is 11.5 Å². The number of nitrogens with one attached hydrogen (secondary N) is 1. The number of ether oxygens (including phenoxy) is 1. The Balaban J connectivity index is 2.03. The fourth-order valence-corrected chi connectivity index (χ4v) is 3.93. The zero-order valence-corrected chi connectivity index (χ0v) is 14.7. The Bertz CT molecular complexity index is 992. The van der Waals surface area contributed by atoms with Crippen molar-refractivity contribution in [3.05, 3.63) is 59.1 Å². The maximum absolute atomic E-state index is 5.30. The number of hydrogen-bond acceptors (Lipinski definition) is 3. The Labute approximate surface area is 145 Å². The van der Waals surface area contributed by atoms with Crippen molar-refractivity contribution in [3.8, 4) is 28.1 Å². The molecule has 0 saturated heterocycles. The summed E-state index contributed by atoms with van der Waals surface area (Å²) < 4.78 is 9.83. The van der Waals surface area contributed by atoms with E-state index in [1.807, 2.05) is 12.1 Å². The van der Waals surface area contributed by atoms with Crippen LogP contribution in [0.2, 0.25) is 0 Å². The topological polar surface area (TPSA) is 37.9 Å². The molecule has 1 N–H and O–H groups in total. The number of rotatable bonds is 3. The molecular weight excluding hydrogens is 316 g/mol. The molecule has 0 radical (unpaired) electrons. The van der Waals surface area contributed by atoms with Crippen molar-refractivity contribution < 1.29 is 4.74 Å². The lowest BCUT2D eigenvalue weighted by Gasteiger charge is -2.07. The van der Waals surface area contributed by atoms with Gasteiger partial charge >= 0.3 is 0 Å². The summed E-state index contributed by atoms with van der Waals surface area (Å²) in [7, 11) is 1.69. The van der Waals surface area contributed by atoms with Crippen LogP contribution in [0, 0.1) is 13.8 Å². The highest BCUT2D eigenvalue weighted by Gasteiger charge is 2.19. The van der Waals surface area contributed by atoms with Crippen molar-refractivity contribution in [1.29, 1.82) is 0 Å². The number of H-pyrrole nitrogens is 1. The van der Waals surface area contributed by atoms with Gasteiger partial charge in [0.1, 0.15) is 5.75 Å². The van der Waals surface area contributed by atoms with E-state index < -0.39 is 0 Å². The smallest absolute Gasteiger partial charge is 0.118 e. The van der Waals surface area contributed by atoms with Crippen LogP contribution in [-0.4, -0.2) is 16.5 Å². The summed E-state index contributed by atoms with van der Waals surface area (Å²) in [4.78, 5) is 4.84. The van der Waals surface area contributed by atoms with Gasteiger partial charge in [-0.25, -0.2) is 0 Å². The van der Waals surface area contributed by atoms with Gasteiger partial charge < -0.3 is 9.72 Å². The first-order chi connectivity index (χ1) is 11.7. The van der Waals surface area contributed by atoms with Crippen molar-refractivity contribution in [2.24, 2.45) is 0 Å². The molecule has 4 heteroatoms. The third-order valence-electron chi connectivity index (χ3n) is 4.37. The molecule has 0 unspecified atom stereocenters. The van der Waals surface area contributed by atoms with Crippen LogP contribution in [0.5, 0.6) is 5.75 Å². The summed E-state index contributed by atoms with van der Waals surface area (Å²) in [6, 6.07) is 16.7. The Morgan fingerprint density at radius 3 is 2.38 bits per heavy atom. The molecule has 0 bridgehead atoms. The molecule has 4 rings (SSSR count). The lowest BCUT2D eigenvalue weighted by molar-refractivity contribution is 0.415. The largest absolute Gasteiger partial charge is 0.497 e. The maximum Gasteiger partial charge on any atom is 0.118 e. The summed E-state index contributed by atoms with van der Waals surface area (Å²) in [5.74, 6) is 0.865. The van der Waals surface area contributed by atoms with Gasteiger partial charge in [0.25, 0.3) is 0 Å². The second-order valence-electron chi connectivity index (χ2n) is 5.85. The van der Waals surface area contributed by atoms with Crippen LogP contribution < -0.4 is 4.74 Å². The minimum Gasteiger partial charge on any atom is -0.497 e. The van der Waals surface area contributed by atoms with Crippen LogP contribution in [0.1, 0.15) is 10.6 Å². The summed E-state index contributed by atoms with van der Waals surface area (Å²) in [5.41, 5.74) is 6.96. The van der Waals surface area contributed by atoms with Gasteiger partial charge in [-0.2, -0.15) is 4.37 Å². The number of aromatic nitrogens is 2. The Morgan fingerprint density at radius 1 is 0.958 bits per heavy atom. The summed E-state index contributed by atoms with van der Waals surface area (Å²) in [6.45, 7) is 4.20. The fraction of sp³-hybridized carbons (Fsp3) is 0.150. The van der Waals surface area contributed by atoms with E-state index in [-0.39, 0.29) is 0 Å². The normalized spacial score (nSPS) is 11.1. The Kier molecular flexibility index (Phi) is 3.62. The van der Waals surface area contributed by atoms with Gasteiger partial charge in [-0.15, -0.1) is 0 Å². The van der Waals surface area contributed by atoms with Crippen LogP contribution in [0.4, 0.5) is 0 Å². The van der Waals surface area contributed by atoms with Gasteiger partial charge in [-0.1, -0.05) is 30.3 Å². The molecule has 0 aliphatic heterocycles. The summed E-state index contributed by atoms with van der Waals surface area (Å²) in [5, 5.41) is 1.22. The third kappa shape index (κ3) is 2.31. The molecule has 3 nitrogen and oxygen atoms in total. The number of nitrogens with zero attached hydrogens (tertiary/aromatic N) is 1. The standard InChI is InChI=1S/C20H18N2OS/c1-12-18(13(2)24-22-12)20-19(14-8-10-15(23-3)11-9-14)16-6-4-5-7-17(16)21-20/h4-11,21H,1-3H3. The zero-order valence-electron chi connectivity index (χ0n) is 13.9. The minimum absolute atomic E-state index is 0.865. The number of fused-ring (bicyclic) bond motifs is 1. The van der Waals surface area contributed by atoms with E-state index in [1.54, 1.807) is 18.6 Å². The van der Waals surface area contributed by atoms with E-state index >= 15 is 0 Å². The summed E-state index contributed by atoms with van der Waals surface area (Å²) in [6.07, 6.45) is 0. The average molecular weight is 334 g/mol. The molecule has 0 aliphatic rings. The average Bonchev–Trinajstić information content (AvgIpc) is 3.14. The quantitative estimate of drug-likeness (QED) is 0.531. The second-order valence-corrected chi connectivity index (χ2v) is 6.83. The molecule has 0 atom stereocenters. The van der Waals surface area contributed by atoms with E-state index in [0.29, 0.717) is 0 Å². The third-order valence-corrected chi connectivity index (χ3v) is 5.21. The monoisotopic (exact) mass is 334 g/mol. The van der Waals surface area contributed by atoms with E-state index in [4.69, 9.17) is 4.74 Å². The fourth-order valence-electron chi connectivity index (χ4n) is 3.23. The van der Waals surface area contributed by atoms with E-state index in [2.05, 4.69) is 59.6 Å². The lowest BCUT2D eigenvalue weighted by atomic mass is 9.98. The lowest BCUT2D eigenvalue weighted by Crippen LogP contribution is -1.87. The van der Waals surface area contributed by atoms with Crippen molar-refractivity contribution in [2.75, 3.05) is 7.11 Å². The number of benzene rings is 2. The second kappa shape index (κ2) is 5.80. The van der Waals surface area contributed by atoms with Crippen molar-refractivity contribution in [2.45, 2.75) is 13.8 Å². The molecule has 0 aliphatic carbocycles. The van der Waals surface area contributed by atoms with Crippen LogP contribution in [0.15, 0.2) is 48.5 Å². The molecule has 24 heavy (non-hydrogen) atoms. The number of para-hydroxylation sites is 1. The van der Waals surface area contributed by atoms with Crippen LogP contribution in [0.3, 0.4) is 0 Å². The van der Waals surface area contributed by atoms with Gasteiger partial charge in [0, 0.05) is 26.9 Å². The number of methoxy groups -OCH3 is 1. The Hall–Kier alpha value is -2.59. The Morgan fingerprint density at radius 2 is 1.71 bits per heavy atom. The zero-order chi connectivity index (χ0) is 16.7. The molecule has 120 valence electrons. The predicted octanol–water partition coefficient (Wildman–Crippen LogP) is 5.58. The molecular formula is C20H18N2OS. The highest BCUT2D eigenvalue weighted by Crippen LogP contribution is 2.41. The molecule has 2 aromatic heterocycles. The highest BCUT2D eigenvalue weighted by atomic mass is 32.1. The number of hydrogen-bond donors (Lipinski definition) is 1. The van der Waals surface area contributed by atoms with Crippen molar-refractivity contribution >= 4 is 22.4 Å². The molecule has 0 fully saturated rings. The molecule has 0 amide bonds. The minimum atomic E-state index is 0.865. The van der Waals surface area contributed by atoms with E-state index in [0.717, 1.165) is 22.7 Å². The van der Waals surface area contributed by atoms with Gasteiger partial charge in [0.2, 0.25) is 0 Å². The first kappa shape index (κ1) is 15.0. The number of aryl methyl sites for hydroxylation is 2. The van der Waals surface area contributed by atoms with Gasteiger partial charge in [0.15, 0.2) is 0 Å². The molecule has 2 heterocycles.